The molecule has 2 bridgehead atoms. The predicted octanol–water partition coefficient (Wildman–Crippen LogP) is 3.59. The minimum atomic E-state index is 0.118. The number of piperidine rings is 1. The molecular formula is C20H28N2O. The Balaban J connectivity index is 1.33. The largest absolute Gasteiger partial charge is 0.349 e. The van der Waals surface area contributed by atoms with E-state index in [1.54, 1.807) is 0 Å². The molecule has 23 heavy (non-hydrogen) atoms. The van der Waals surface area contributed by atoms with Crippen LogP contribution in [0.2, 0.25) is 0 Å². The molecule has 3 aliphatic rings. The molecule has 3 atom stereocenters. The minimum absolute atomic E-state index is 0.118. The lowest BCUT2D eigenvalue weighted by Gasteiger charge is -2.26. The predicted molar refractivity (Wildman–Crippen MR) is 92.3 cm³/mol. The van der Waals surface area contributed by atoms with Crippen LogP contribution in [0.4, 0.5) is 0 Å². The molecule has 1 heterocycles. The van der Waals surface area contributed by atoms with Crippen molar-refractivity contribution in [2.75, 3.05) is 13.1 Å². The Hall–Kier alpha value is -1.35. The third-order valence-corrected chi connectivity index (χ3v) is 6.13. The Labute approximate surface area is 139 Å². The van der Waals surface area contributed by atoms with Gasteiger partial charge in [0, 0.05) is 18.2 Å². The highest BCUT2D eigenvalue weighted by Crippen LogP contribution is 2.44. The Bertz CT molecular complexity index is 547. The van der Waals surface area contributed by atoms with Crippen LogP contribution in [0.25, 0.3) is 0 Å². The molecule has 3 unspecified atom stereocenters. The van der Waals surface area contributed by atoms with E-state index in [1.807, 2.05) is 12.1 Å². The van der Waals surface area contributed by atoms with Crippen LogP contribution in [0.15, 0.2) is 24.3 Å². The van der Waals surface area contributed by atoms with Gasteiger partial charge in [-0.1, -0.05) is 25.0 Å². The van der Waals surface area contributed by atoms with Crippen molar-refractivity contribution in [2.45, 2.75) is 57.5 Å². The van der Waals surface area contributed by atoms with Gasteiger partial charge in [0.05, 0.1) is 0 Å². The van der Waals surface area contributed by atoms with Crippen LogP contribution in [0.3, 0.4) is 0 Å². The average molecular weight is 312 g/mol. The summed E-state index contributed by atoms with van der Waals surface area (Å²) in [6, 6.07) is 8.69. The maximum Gasteiger partial charge on any atom is 0.251 e. The molecule has 1 aliphatic heterocycles. The molecule has 0 spiro atoms. The molecule has 3 nitrogen and oxygen atoms in total. The Morgan fingerprint density at radius 1 is 1.04 bits per heavy atom. The van der Waals surface area contributed by atoms with Gasteiger partial charge in [-0.25, -0.2) is 0 Å². The number of fused-ring (bicyclic) bond motifs is 2. The van der Waals surface area contributed by atoms with Gasteiger partial charge in [-0.2, -0.15) is 0 Å². The topological polar surface area (TPSA) is 32.3 Å². The van der Waals surface area contributed by atoms with Gasteiger partial charge in [0.2, 0.25) is 0 Å². The molecule has 0 radical (unpaired) electrons. The van der Waals surface area contributed by atoms with Crippen molar-refractivity contribution in [1.29, 1.82) is 0 Å². The number of nitrogens with zero attached hydrogens (tertiary/aromatic N) is 1. The summed E-state index contributed by atoms with van der Waals surface area (Å²) in [7, 11) is 0. The van der Waals surface area contributed by atoms with Crippen molar-refractivity contribution >= 4 is 5.91 Å². The molecule has 2 saturated carbocycles. The Morgan fingerprint density at radius 2 is 1.83 bits per heavy atom. The third-order valence-electron chi connectivity index (χ3n) is 6.13. The summed E-state index contributed by atoms with van der Waals surface area (Å²) in [5.74, 6) is 1.73. The molecule has 3 fully saturated rings. The van der Waals surface area contributed by atoms with E-state index in [2.05, 4.69) is 22.3 Å². The second-order valence-electron chi connectivity index (χ2n) is 7.79. The number of hydrogen-bond donors (Lipinski definition) is 1. The first-order chi connectivity index (χ1) is 11.3. The summed E-state index contributed by atoms with van der Waals surface area (Å²) in [5.41, 5.74) is 2.14. The third kappa shape index (κ3) is 3.45. The Kier molecular flexibility index (Phi) is 4.39. The summed E-state index contributed by atoms with van der Waals surface area (Å²) in [6.45, 7) is 3.45. The van der Waals surface area contributed by atoms with Crippen molar-refractivity contribution in [1.82, 2.24) is 10.2 Å². The normalized spacial score (nSPS) is 30.5. The number of likely N-dealkylation sites (tertiary alicyclic amines) is 1. The second-order valence-corrected chi connectivity index (χ2v) is 7.79. The molecule has 1 aromatic rings. The number of rotatable bonds is 4. The first kappa shape index (κ1) is 15.2. The van der Waals surface area contributed by atoms with Crippen molar-refractivity contribution in [3.8, 4) is 0 Å². The monoisotopic (exact) mass is 312 g/mol. The van der Waals surface area contributed by atoms with Gasteiger partial charge in [-0.05, 0) is 74.7 Å². The molecule has 2 aliphatic carbocycles. The maximum atomic E-state index is 12.5. The number of amides is 1. The van der Waals surface area contributed by atoms with E-state index in [0.29, 0.717) is 6.04 Å². The summed E-state index contributed by atoms with van der Waals surface area (Å²) < 4.78 is 0. The molecule has 3 heteroatoms. The summed E-state index contributed by atoms with van der Waals surface area (Å²) >= 11 is 0. The highest BCUT2D eigenvalue weighted by atomic mass is 16.1. The number of nitrogens with one attached hydrogen (secondary N) is 1. The quantitative estimate of drug-likeness (QED) is 0.921. The fraction of sp³-hybridized carbons (Fsp3) is 0.650. The van der Waals surface area contributed by atoms with Gasteiger partial charge >= 0.3 is 0 Å². The molecule has 1 amide bonds. The first-order valence-electron chi connectivity index (χ1n) is 9.40. The van der Waals surface area contributed by atoms with Crippen LogP contribution in [-0.2, 0) is 6.54 Å². The number of carbonyl (C=O) groups excluding carboxylic acids is 1. The zero-order valence-electron chi connectivity index (χ0n) is 14.0. The molecular weight excluding hydrogens is 284 g/mol. The zero-order chi connectivity index (χ0) is 15.6. The van der Waals surface area contributed by atoms with E-state index in [-0.39, 0.29) is 5.91 Å². The highest BCUT2D eigenvalue weighted by molar-refractivity contribution is 5.94. The fourth-order valence-electron chi connectivity index (χ4n) is 4.81. The maximum absolute atomic E-state index is 12.5. The second kappa shape index (κ2) is 6.64. The number of benzene rings is 1. The van der Waals surface area contributed by atoms with Gasteiger partial charge in [0.1, 0.15) is 0 Å². The van der Waals surface area contributed by atoms with Crippen LogP contribution in [-0.4, -0.2) is 29.9 Å². The molecule has 4 rings (SSSR count). The first-order valence-corrected chi connectivity index (χ1v) is 9.40. The minimum Gasteiger partial charge on any atom is -0.349 e. The lowest BCUT2D eigenvalue weighted by molar-refractivity contribution is 0.0923. The molecule has 1 aromatic carbocycles. The highest BCUT2D eigenvalue weighted by Gasteiger charge is 2.40. The summed E-state index contributed by atoms with van der Waals surface area (Å²) in [4.78, 5) is 15.0. The van der Waals surface area contributed by atoms with Crippen LogP contribution in [0.5, 0.6) is 0 Å². The van der Waals surface area contributed by atoms with Crippen LogP contribution >= 0.6 is 0 Å². The molecule has 124 valence electrons. The smallest absolute Gasteiger partial charge is 0.251 e. The average Bonchev–Trinajstić information content (AvgIpc) is 3.19. The lowest BCUT2D eigenvalue weighted by atomic mass is 9.95. The van der Waals surface area contributed by atoms with Gasteiger partial charge in [0.25, 0.3) is 5.91 Å². The van der Waals surface area contributed by atoms with Gasteiger partial charge in [0.15, 0.2) is 0 Å². The van der Waals surface area contributed by atoms with E-state index < -0.39 is 0 Å². The van der Waals surface area contributed by atoms with E-state index >= 15 is 0 Å². The van der Waals surface area contributed by atoms with E-state index in [0.717, 1.165) is 23.9 Å². The van der Waals surface area contributed by atoms with Crippen LogP contribution < -0.4 is 5.32 Å². The van der Waals surface area contributed by atoms with Crippen molar-refractivity contribution in [3.63, 3.8) is 0 Å². The molecule has 1 saturated heterocycles. The molecule has 0 aromatic heterocycles. The summed E-state index contributed by atoms with van der Waals surface area (Å²) in [6.07, 6.45) is 9.24. The van der Waals surface area contributed by atoms with Crippen molar-refractivity contribution < 1.29 is 4.79 Å². The van der Waals surface area contributed by atoms with E-state index in [4.69, 9.17) is 0 Å². The lowest BCUT2D eigenvalue weighted by Crippen LogP contribution is -2.38. The SMILES string of the molecule is O=C(NC1CC2CCC1C2)c1ccc(CN2CCCCC2)cc1. The van der Waals surface area contributed by atoms with Crippen molar-refractivity contribution in [2.24, 2.45) is 11.8 Å². The van der Waals surface area contributed by atoms with Gasteiger partial charge in [-0.3, -0.25) is 9.69 Å². The van der Waals surface area contributed by atoms with Crippen LogP contribution in [0, 0.1) is 11.8 Å². The van der Waals surface area contributed by atoms with E-state index in [1.165, 1.54) is 63.6 Å². The van der Waals surface area contributed by atoms with E-state index in [9.17, 15) is 4.79 Å². The van der Waals surface area contributed by atoms with Gasteiger partial charge in [-0.15, -0.1) is 0 Å². The molecule has 1 N–H and O–H groups in total. The number of hydrogen-bond acceptors (Lipinski definition) is 2. The Morgan fingerprint density at radius 3 is 2.48 bits per heavy atom. The fourth-order valence-corrected chi connectivity index (χ4v) is 4.81. The van der Waals surface area contributed by atoms with Gasteiger partial charge < -0.3 is 5.32 Å². The number of carbonyl (C=O) groups is 1. The van der Waals surface area contributed by atoms with Crippen molar-refractivity contribution in [3.05, 3.63) is 35.4 Å². The zero-order valence-corrected chi connectivity index (χ0v) is 14.0. The summed E-state index contributed by atoms with van der Waals surface area (Å²) in [5, 5.41) is 3.28. The van der Waals surface area contributed by atoms with Crippen LogP contribution in [0.1, 0.15) is 60.9 Å². The standard InChI is InChI=1S/C20H28N2O/c23-20(21-19-13-16-6-9-18(19)12-16)17-7-4-15(5-8-17)14-22-10-2-1-3-11-22/h4-5,7-8,16,18-19H,1-3,6,9-14H2,(H,21,23).